The van der Waals surface area contributed by atoms with Gasteiger partial charge in [0.2, 0.25) is 23.6 Å². The fourth-order valence-corrected chi connectivity index (χ4v) is 2.47. The number of hydrogen-bond acceptors (Lipinski definition) is 10. The van der Waals surface area contributed by atoms with Gasteiger partial charge >= 0.3 is 23.9 Å². The van der Waals surface area contributed by atoms with Crippen LogP contribution in [0.2, 0.25) is 0 Å². The Bertz CT molecular complexity index is 877. The normalized spacial score (nSPS) is 13.7. The first-order valence-corrected chi connectivity index (χ1v) is 10.1. The van der Waals surface area contributed by atoms with Gasteiger partial charge in [-0.25, -0.2) is 4.79 Å². The van der Waals surface area contributed by atoms with Gasteiger partial charge in [0, 0.05) is 6.42 Å². The van der Waals surface area contributed by atoms with Gasteiger partial charge in [0.25, 0.3) is 0 Å². The molecule has 0 fully saturated rings. The summed E-state index contributed by atoms with van der Waals surface area (Å²) >= 11 is 0. The molecule has 0 rings (SSSR count). The number of aliphatic carboxylic acids is 4. The molecule has 0 saturated heterocycles. The minimum Gasteiger partial charge on any atom is -0.481 e. The third-order valence-electron chi connectivity index (χ3n) is 4.26. The Morgan fingerprint density at radius 2 is 1.19 bits per heavy atom. The van der Waals surface area contributed by atoms with Crippen molar-refractivity contribution in [3.8, 4) is 0 Å². The van der Waals surface area contributed by atoms with Crippen molar-refractivity contribution in [1.82, 2.24) is 21.3 Å². The topological polar surface area (TPSA) is 312 Å². The van der Waals surface area contributed by atoms with E-state index in [4.69, 9.17) is 26.2 Å². The smallest absolute Gasteiger partial charge is 0.326 e. The molecule has 0 bridgehead atoms. The summed E-state index contributed by atoms with van der Waals surface area (Å²) in [6, 6.07) is -6.80. The Morgan fingerprint density at radius 3 is 1.67 bits per heavy atom. The summed E-state index contributed by atoms with van der Waals surface area (Å²) in [5.41, 5.74) is 5.31. The van der Waals surface area contributed by atoms with Crippen LogP contribution in [0.3, 0.4) is 0 Å². The standard InChI is InChI=1S/C18H27N5O13/c19-7(3-13(28)29)15(32)20-5-11(25)21-10(6-24)17(34)23-9(4-14(30)31)16(33)22-8(18(35)36)1-2-12(26)27/h7-10,24H,1-6,19H2,(H,20,32)(H,21,25)(H,22,33)(H,23,34)(H,26,27)(H,28,29)(H,30,31)(H,35,36)/t7-,8-,9-,10-/m0/s1. The lowest BCUT2D eigenvalue weighted by Crippen LogP contribution is -2.58. The van der Waals surface area contributed by atoms with E-state index in [1.54, 1.807) is 0 Å². The maximum absolute atomic E-state index is 12.4. The Hall–Kier alpha value is -4.32. The van der Waals surface area contributed by atoms with Gasteiger partial charge in [-0.1, -0.05) is 0 Å². The zero-order valence-corrected chi connectivity index (χ0v) is 18.6. The molecule has 0 saturated carbocycles. The van der Waals surface area contributed by atoms with E-state index in [0.29, 0.717) is 0 Å². The van der Waals surface area contributed by atoms with E-state index in [-0.39, 0.29) is 0 Å². The van der Waals surface area contributed by atoms with Crippen molar-refractivity contribution in [3.63, 3.8) is 0 Å². The molecule has 18 nitrogen and oxygen atoms in total. The molecule has 36 heavy (non-hydrogen) atoms. The Labute approximate surface area is 202 Å². The molecule has 0 radical (unpaired) electrons. The number of carboxylic acid groups (broad SMARTS) is 4. The fourth-order valence-electron chi connectivity index (χ4n) is 2.47. The van der Waals surface area contributed by atoms with Crippen molar-refractivity contribution in [2.45, 2.75) is 49.9 Å². The molecule has 0 aliphatic carbocycles. The second-order valence-corrected chi connectivity index (χ2v) is 7.22. The van der Waals surface area contributed by atoms with E-state index in [1.165, 1.54) is 0 Å². The zero-order valence-electron chi connectivity index (χ0n) is 18.6. The number of hydrogen-bond donors (Lipinski definition) is 10. The van der Waals surface area contributed by atoms with E-state index in [2.05, 4.69) is 0 Å². The highest BCUT2D eigenvalue weighted by molar-refractivity contribution is 5.96. The molecule has 0 aromatic rings. The van der Waals surface area contributed by atoms with Crippen molar-refractivity contribution >= 4 is 47.5 Å². The average molecular weight is 521 g/mol. The zero-order chi connectivity index (χ0) is 28.0. The minimum atomic E-state index is -1.87. The van der Waals surface area contributed by atoms with Crippen LogP contribution in [0.5, 0.6) is 0 Å². The summed E-state index contributed by atoms with van der Waals surface area (Å²) in [4.78, 5) is 91.8. The van der Waals surface area contributed by atoms with Crippen LogP contribution in [-0.2, 0) is 38.4 Å². The molecule has 0 spiro atoms. The molecule has 202 valence electrons. The molecule has 4 atom stereocenters. The van der Waals surface area contributed by atoms with E-state index in [9.17, 15) is 43.5 Å². The first-order chi connectivity index (χ1) is 16.7. The number of aliphatic hydroxyl groups excluding tert-OH is 1. The fraction of sp³-hybridized carbons (Fsp3) is 0.556. The molecular weight excluding hydrogens is 494 g/mol. The lowest BCUT2D eigenvalue weighted by molar-refractivity contribution is -0.144. The van der Waals surface area contributed by atoms with Crippen LogP contribution in [0.4, 0.5) is 0 Å². The van der Waals surface area contributed by atoms with Gasteiger partial charge < -0.3 is 52.5 Å². The van der Waals surface area contributed by atoms with Crippen molar-refractivity contribution in [3.05, 3.63) is 0 Å². The van der Waals surface area contributed by atoms with E-state index in [0.717, 1.165) is 0 Å². The summed E-state index contributed by atoms with van der Waals surface area (Å²) < 4.78 is 0. The predicted octanol–water partition coefficient (Wildman–Crippen LogP) is -5.22. The van der Waals surface area contributed by atoms with Crippen molar-refractivity contribution < 1.29 is 63.9 Å². The van der Waals surface area contributed by atoms with Crippen LogP contribution in [-0.4, -0.2) is 110 Å². The molecule has 0 aromatic heterocycles. The lowest BCUT2D eigenvalue weighted by atomic mass is 10.1. The van der Waals surface area contributed by atoms with Crippen molar-refractivity contribution in [1.29, 1.82) is 0 Å². The molecule has 0 aliphatic rings. The number of amides is 4. The first-order valence-electron chi connectivity index (χ1n) is 10.1. The Kier molecular flexibility index (Phi) is 13.7. The van der Waals surface area contributed by atoms with Crippen LogP contribution in [0, 0.1) is 0 Å². The van der Waals surface area contributed by atoms with Crippen LogP contribution in [0.25, 0.3) is 0 Å². The largest absolute Gasteiger partial charge is 0.481 e. The Balaban J connectivity index is 5.16. The summed E-state index contributed by atoms with van der Waals surface area (Å²) in [7, 11) is 0. The summed E-state index contributed by atoms with van der Waals surface area (Å²) in [5, 5.41) is 52.6. The molecular formula is C18H27N5O13. The molecule has 4 amide bonds. The predicted molar refractivity (Wildman–Crippen MR) is 113 cm³/mol. The number of carbonyl (C=O) groups excluding carboxylic acids is 4. The molecule has 0 heterocycles. The van der Waals surface area contributed by atoms with Crippen molar-refractivity contribution in [2.24, 2.45) is 5.73 Å². The summed E-state index contributed by atoms with van der Waals surface area (Å²) in [6.07, 6.45) is -2.93. The molecule has 11 N–H and O–H groups in total. The summed E-state index contributed by atoms with van der Waals surface area (Å²) in [5.74, 6) is -10.5. The highest BCUT2D eigenvalue weighted by Crippen LogP contribution is 2.02. The number of aliphatic hydroxyl groups is 1. The van der Waals surface area contributed by atoms with Crippen LogP contribution in [0.1, 0.15) is 25.7 Å². The molecule has 0 aliphatic heterocycles. The quantitative estimate of drug-likeness (QED) is 0.0855. The molecule has 0 unspecified atom stereocenters. The van der Waals surface area contributed by atoms with Crippen molar-refractivity contribution in [2.75, 3.05) is 13.2 Å². The number of nitrogens with one attached hydrogen (secondary N) is 4. The monoisotopic (exact) mass is 521 g/mol. The molecule has 0 aromatic carbocycles. The van der Waals surface area contributed by atoms with Gasteiger partial charge in [0.1, 0.15) is 18.1 Å². The molecule has 18 heteroatoms. The van der Waals surface area contributed by atoms with Crippen LogP contribution < -0.4 is 27.0 Å². The highest BCUT2D eigenvalue weighted by atomic mass is 16.4. The maximum Gasteiger partial charge on any atom is 0.326 e. The van der Waals surface area contributed by atoms with Gasteiger partial charge in [-0.3, -0.25) is 33.6 Å². The SMILES string of the molecule is N[C@@H](CC(=O)O)C(=O)NCC(=O)N[C@@H](CO)C(=O)N[C@@H](CC(=O)O)C(=O)N[C@@H](CCC(=O)O)C(=O)O. The van der Waals surface area contributed by atoms with E-state index >= 15 is 0 Å². The second-order valence-electron chi connectivity index (χ2n) is 7.22. The van der Waals surface area contributed by atoms with Gasteiger partial charge in [0.05, 0.1) is 32.0 Å². The number of nitrogens with two attached hydrogens (primary N) is 1. The lowest BCUT2D eigenvalue weighted by Gasteiger charge is -2.23. The van der Waals surface area contributed by atoms with Gasteiger partial charge in [0.15, 0.2) is 0 Å². The Morgan fingerprint density at radius 1 is 0.667 bits per heavy atom. The van der Waals surface area contributed by atoms with Gasteiger partial charge in [-0.2, -0.15) is 0 Å². The third-order valence-corrected chi connectivity index (χ3v) is 4.26. The maximum atomic E-state index is 12.4. The van der Waals surface area contributed by atoms with Crippen LogP contribution >= 0.6 is 0 Å². The highest BCUT2D eigenvalue weighted by Gasteiger charge is 2.31. The van der Waals surface area contributed by atoms with Gasteiger partial charge in [-0.15, -0.1) is 0 Å². The van der Waals surface area contributed by atoms with Crippen LogP contribution in [0.15, 0.2) is 0 Å². The number of carbonyl (C=O) groups is 8. The summed E-state index contributed by atoms with van der Waals surface area (Å²) in [6.45, 7) is -1.82. The van der Waals surface area contributed by atoms with E-state index < -0.39 is 111 Å². The number of carboxylic acids is 4. The van der Waals surface area contributed by atoms with E-state index in [1.807, 2.05) is 21.3 Å². The second kappa shape index (κ2) is 15.6. The first kappa shape index (κ1) is 31.7. The number of rotatable bonds is 17. The third kappa shape index (κ3) is 12.8. The minimum absolute atomic E-state index is 0.540. The van der Waals surface area contributed by atoms with Gasteiger partial charge in [-0.05, 0) is 6.42 Å². The average Bonchev–Trinajstić information content (AvgIpc) is 2.76.